The predicted octanol–water partition coefficient (Wildman–Crippen LogP) is 5.94. The largest absolute Gasteiger partial charge is 0.448 e. The van der Waals surface area contributed by atoms with Crippen molar-refractivity contribution in [2.75, 3.05) is 40.7 Å². The molecule has 0 aliphatic rings. The summed E-state index contributed by atoms with van der Waals surface area (Å²) in [5.74, 6) is 0.712. The number of urea groups is 1. The highest BCUT2D eigenvalue weighted by Gasteiger charge is 2.15. The lowest BCUT2D eigenvalue weighted by Gasteiger charge is -2.17. The second-order valence-corrected chi connectivity index (χ2v) is 11.7. The normalized spacial score (nSPS) is 12.7. The van der Waals surface area contributed by atoms with Crippen LogP contribution >= 0.6 is 0 Å². The molecular weight excluding hydrogens is 570 g/mol. The second-order valence-electron chi connectivity index (χ2n) is 9.45. The number of rotatable bonds is 10. The van der Waals surface area contributed by atoms with E-state index in [1.54, 1.807) is 61.7 Å². The van der Waals surface area contributed by atoms with E-state index in [1.165, 1.54) is 6.26 Å². The first-order chi connectivity index (χ1) is 20.7. The van der Waals surface area contributed by atoms with Crippen molar-refractivity contribution < 1.29 is 23.6 Å². The molecule has 0 bridgehead atoms. The van der Waals surface area contributed by atoms with Crippen molar-refractivity contribution in [3.63, 3.8) is 0 Å². The third-order valence-electron chi connectivity index (χ3n) is 5.98. The number of aliphatic hydroxyl groups excluding tert-OH is 1. The van der Waals surface area contributed by atoms with E-state index in [0.29, 0.717) is 33.3 Å². The minimum absolute atomic E-state index is 0.123. The van der Waals surface area contributed by atoms with Gasteiger partial charge in [0.1, 0.15) is 5.82 Å². The molecule has 43 heavy (non-hydrogen) atoms. The Balaban J connectivity index is 1.54. The number of nitrogens with one attached hydrogen (secondary N) is 4. The number of amides is 3. The number of benzene rings is 3. The SMILES string of the molecule is CCOC(=O)N=S(C)(=O)c1cccc(Nc2ncc(-c3ccc(NC(=O)Nc4ccccc4)cc3)c(NC(C)CO)n2)c1. The Kier molecular flexibility index (Phi) is 10.3. The Morgan fingerprint density at radius 1 is 0.977 bits per heavy atom. The Hall–Kier alpha value is -5.01. The molecule has 0 spiro atoms. The van der Waals surface area contributed by atoms with Crippen LogP contribution in [0.15, 0.2) is 94.3 Å². The van der Waals surface area contributed by atoms with Crippen LogP contribution in [0.1, 0.15) is 13.8 Å². The summed E-state index contributed by atoms with van der Waals surface area (Å²) in [7, 11) is -3.04. The maximum Gasteiger partial charge on any atom is 0.442 e. The Bertz CT molecular complexity index is 1690. The van der Waals surface area contributed by atoms with Gasteiger partial charge in [-0.15, -0.1) is 4.36 Å². The van der Waals surface area contributed by atoms with E-state index >= 15 is 0 Å². The van der Waals surface area contributed by atoms with E-state index in [2.05, 4.69) is 35.6 Å². The van der Waals surface area contributed by atoms with Crippen LogP contribution in [0, 0.1) is 0 Å². The van der Waals surface area contributed by atoms with Crippen molar-refractivity contribution in [3.05, 3.63) is 85.1 Å². The average Bonchev–Trinajstić information content (AvgIpc) is 2.98. The Morgan fingerprint density at radius 2 is 1.65 bits per heavy atom. The molecular formula is C30H33N7O5S. The van der Waals surface area contributed by atoms with Crippen LogP contribution in [-0.2, 0) is 14.5 Å². The molecule has 3 aromatic carbocycles. The first-order valence-electron chi connectivity index (χ1n) is 13.4. The molecule has 2 atom stereocenters. The Morgan fingerprint density at radius 3 is 2.33 bits per heavy atom. The highest BCUT2D eigenvalue weighted by molar-refractivity contribution is 7.93. The molecule has 0 fully saturated rings. The molecule has 0 aliphatic carbocycles. The van der Waals surface area contributed by atoms with Crippen LogP contribution in [0.4, 0.5) is 38.4 Å². The van der Waals surface area contributed by atoms with Crippen LogP contribution in [-0.4, -0.2) is 56.9 Å². The zero-order chi connectivity index (χ0) is 30.8. The van der Waals surface area contributed by atoms with Gasteiger partial charge in [0.15, 0.2) is 0 Å². The number of anilines is 5. The summed E-state index contributed by atoms with van der Waals surface area (Å²) in [4.78, 5) is 33.6. The highest BCUT2D eigenvalue weighted by atomic mass is 32.2. The molecule has 224 valence electrons. The van der Waals surface area contributed by atoms with Crippen LogP contribution in [0.3, 0.4) is 0 Å². The molecule has 0 saturated heterocycles. The summed E-state index contributed by atoms with van der Waals surface area (Å²) < 4.78 is 21.6. The van der Waals surface area contributed by atoms with Crippen LogP contribution in [0.25, 0.3) is 11.1 Å². The van der Waals surface area contributed by atoms with E-state index in [9.17, 15) is 18.9 Å². The molecule has 0 radical (unpaired) electrons. The highest BCUT2D eigenvalue weighted by Crippen LogP contribution is 2.29. The van der Waals surface area contributed by atoms with Gasteiger partial charge in [0.25, 0.3) is 0 Å². The molecule has 1 heterocycles. The molecule has 0 saturated carbocycles. The third kappa shape index (κ3) is 8.74. The number of para-hydroxylation sites is 1. The summed E-state index contributed by atoms with van der Waals surface area (Å²) in [5, 5.41) is 21.5. The van der Waals surface area contributed by atoms with Gasteiger partial charge in [-0.2, -0.15) is 4.98 Å². The summed E-state index contributed by atoms with van der Waals surface area (Å²) in [6, 6.07) is 22.3. The van der Waals surface area contributed by atoms with Crippen molar-refractivity contribution in [1.29, 1.82) is 0 Å². The van der Waals surface area contributed by atoms with E-state index in [1.807, 2.05) is 37.3 Å². The minimum Gasteiger partial charge on any atom is -0.448 e. The molecule has 4 rings (SSSR count). The van der Waals surface area contributed by atoms with Crippen molar-refractivity contribution in [1.82, 2.24) is 9.97 Å². The fraction of sp³-hybridized carbons (Fsp3) is 0.200. The van der Waals surface area contributed by atoms with Gasteiger partial charge < -0.3 is 31.1 Å². The van der Waals surface area contributed by atoms with Gasteiger partial charge in [-0.3, -0.25) is 0 Å². The maximum atomic E-state index is 13.1. The third-order valence-corrected chi connectivity index (χ3v) is 7.60. The van der Waals surface area contributed by atoms with Crippen LogP contribution in [0.5, 0.6) is 0 Å². The fourth-order valence-corrected chi connectivity index (χ4v) is 4.99. The molecule has 1 aromatic heterocycles. The van der Waals surface area contributed by atoms with Crippen molar-refractivity contribution in [2.45, 2.75) is 24.8 Å². The number of nitrogens with zero attached hydrogens (tertiary/aromatic N) is 3. The Labute approximate surface area is 250 Å². The second kappa shape index (κ2) is 14.2. The topological polar surface area (TPSA) is 167 Å². The number of aliphatic hydroxyl groups is 1. The van der Waals surface area contributed by atoms with E-state index in [0.717, 1.165) is 5.56 Å². The molecule has 4 aromatic rings. The number of carbonyl (C=O) groups is 2. The number of ether oxygens (including phenoxy) is 1. The molecule has 5 N–H and O–H groups in total. The molecule has 13 heteroatoms. The first kappa shape index (κ1) is 30.9. The lowest BCUT2D eigenvalue weighted by atomic mass is 10.1. The summed E-state index contributed by atoms with van der Waals surface area (Å²) >= 11 is 0. The van der Waals surface area contributed by atoms with Crippen molar-refractivity contribution in [2.24, 2.45) is 4.36 Å². The van der Waals surface area contributed by atoms with E-state index < -0.39 is 15.8 Å². The maximum absolute atomic E-state index is 13.1. The molecule has 2 unspecified atom stereocenters. The number of hydrogen-bond acceptors (Lipinski definition) is 9. The zero-order valence-electron chi connectivity index (χ0n) is 23.9. The van der Waals surface area contributed by atoms with Crippen molar-refractivity contribution >= 4 is 50.7 Å². The van der Waals surface area contributed by atoms with Crippen molar-refractivity contribution in [3.8, 4) is 11.1 Å². The van der Waals surface area contributed by atoms with Gasteiger partial charge in [-0.1, -0.05) is 36.4 Å². The monoisotopic (exact) mass is 603 g/mol. The van der Waals surface area contributed by atoms with Gasteiger partial charge in [-0.05, 0) is 61.9 Å². The van der Waals surface area contributed by atoms with E-state index in [4.69, 9.17) is 4.74 Å². The summed E-state index contributed by atoms with van der Waals surface area (Å²) in [6.45, 7) is 3.46. The van der Waals surface area contributed by atoms with Gasteiger partial charge in [0.2, 0.25) is 5.95 Å². The summed E-state index contributed by atoms with van der Waals surface area (Å²) in [5.41, 5.74) is 3.25. The first-order valence-corrected chi connectivity index (χ1v) is 15.3. The van der Waals surface area contributed by atoms with Crippen LogP contribution < -0.4 is 21.3 Å². The molecule has 12 nitrogen and oxygen atoms in total. The fourth-order valence-electron chi connectivity index (χ4n) is 3.87. The smallest absolute Gasteiger partial charge is 0.442 e. The standard InChI is InChI=1S/C30H33N7O5S/c1-4-42-30(40)37-43(3,41)25-12-8-11-24(17-25)33-28-31-18-26(27(36-28)32-20(2)19-38)21-13-15-23(16-14-21)35-29(39)34-22-9-6-5-7-10-22/h5-18,20,38H,4,19H2,1-3H3,(H2,34,35,39)(H2,31,32,33,36). The lowest BCUT2D eigenvalue weighted by molar-refractivity contribution is 0.164. The number of carbonyl (C=O) groups excluding carboxylic acids is 2. The van der Waals surface area contributed by atoms with Gasteiger partial charge in [-0.25, -0.2) is 18.8 Å². The van der Waals surface area contributed by atoms with Crippen LogP contribution in [0.2, 0.25) is 0 Å². The van der Waals surface area contributed by atoms with Gasteiger partial charge in [0.05, 0.1) is 22.9 Å². The van der Waals surface area contributed by atoms with E-state index in [-0.39, 0.29) is 31.2 Å². The minimum atomic E-state index is -3.04. The molecule has 3 amide bonds. The predicted molar refractivity (Wildman–Crippen MR) is 168 cm³/mol. The summed E-state index contributed by atoms with van der Waals surface area (Å²) in [6.07, 6.45) is 2.11. The number of aromatic nitrogens is 2. The lowest BCUT2D eigenvalue weighted by Crippen LogP contribution is -2.21. The quantitative estimate of drug-likeness (QED) is 0.147. The van der Waals surface area contributed by atoms with Gasteiger partial charge >= 0.3 is 12.1 Å². The average molecular weight is 604 g/mol. The number of hydrogen-bond donors (Lipinski definition) is 5. The zero-order valence-corrected chi connectivity index (χ0v) is 24.7. The molecule has 0 aliphatic heterocycles. The van der Waals surface area contributed by atoms with Gasteiger partial charge in [0, 0.05) is 46.0 Å².